The first-order chi connectivity index (χ1) is 6.38. The van der Waals surface area contributed by atoms with Crippen LogP contribution in [0.15, 0.2) is 0 Å². The van der Waals surface area contributed by atoms with E-state index in [0.717, 1.165) is 19.4 Å². The molecule has 1 aliphatic heterocycles. The minimum Gasteiger partial charge on any atom is -0.481 e. The van der Waals surface area contributed by atoms with Crippen molar-refractivity contribution in [3.8, 4) is 0 Å². The predicted molar refractivity (Wildman–Crippen MR) is 56.2 cm³/mol. The van der Waals surface area contributed by atoms with Crippen LogP contribution >= 0.6 is 0 Å². The summed E-state index contributed by atoms with van der Waals surface area (Å²) in [6.45, 7) is 7.57. The molecule has 2 atom stereocenters. The maximum absolute atomic E-state index is 10.6. The lowest BCUT2D eigenvalue weighted by Crippen LogP contribution is -2.32. The minimum absolute atomic E-state index is 0.277. The Morgan fingerprint density at radius 3 is 2.64 bits per heavy atom. The normalized spacial score (nSPS) is 27.9. The van der Waals surface area contributed by atoms with Gasteiger partial charge >= 0.3 is 5.97 Å². The van der Waals surface area contributed by atoms with Gasteiger partial charge in [-0.2, -0.15) is 0 Å². The zero-order chi connectivity index (χ0) is 10.8. The molecule has 0 aliphatic carbocycles. The van der Waals surface area contributed by atoms with Crippen LogP contribution in [-0.4, -0.2) is 23.7 Å². The molecule has 1 saturated heterocycles. The number of aliphatic carboxylic acids is 1. The van der Waals surface area contributed by atoms with E-state index in [9.17, 15) is 4.79 Å². The first-order valence-electron chi connectivity index (χ1n) is 5.34. The van der Waals surface area contributed by atoms with Gasteiger partial charge in [-0.05, 0) is 30.7 Å². The lowest BCUT2D eigenvalue weighted by molar-refractivity contribution is -0.138. The van der Waals surface area contributed by atoms with E-state index in [1.165, 1.54) is 0 Å². The molecule has 0 radical (unpaired) electrons. The molecule has 1 fully saturated rings. The summed E-state index contributed by atoms with van der Waals surface area (Å²) in [7, 11) is 0. The summed E-state index contributed by atoms with van der Waals surface area (Å²) >= 11 is 0. The van der Waals surface area contributed by atoms with Crippen LogP contribution in [0.1, 0.15) is 40.0 Å². The summed E-state index contributed by atoms with van der Waals surface area (Å²) in [6.07, 6.45) is 2.38. The highest BCUT2D eigenvalue weighted by Gasteiger charge is 2.31. The second-order valence-electron chi connectivity index (χ2n) is 5.47. The second-order valence-corrected chi connectivity index (χ2v) is 5.47. The molecule has 0 saturated carbocycles. The molecule has 0 aromatic carbocycles. The summed E-state index contributed by atoms with van der Waals surface area (Å²) in [5.41, 5.74) is 0.277. The van der Waals surface area contributed by atoms with E-state index >= 15 is 0 Å². The first kappa shape index (κ1) is 11.5. The highest BCUT2D eigenvalue weighted by Crippen LogP contribution is 2.29. The molecule has 3 heteroatoms. The van der Waals surface area contributed by atoms with Crippen molar-refractivity contribution in [3.63, 3.8) is 0 Å². The zero-order valence-electron chi connectivity index (χ0n) is 9.34. The topological polar surface area (TPSA) is 49.3 Å². The highest BCUT2D eigenvalue weighted by molar-refractivity contribution is 5.67. The second kappa shape index (κ2) is 4.30. The van der Waals surface area contributed by atoms with Crippen LogP contribution in [0.3, 0.4) is 0 Å². The Morgan fingerprint density at radius 2 is 2.14 bits per heavy atom. The standard InChI is InChI=1S/C11H21NO2/c1-11(2,3)7-9-8(4-5-12-9)6-10(13)14/h8-9,12H,4-7H2,1-3H3,(H,13,14)/t8-,9-/m1/s1. The van der Waals surface area contributed by atoms with Crippen molar-refractivity contribution >= 4 is 5.97 Å². The molecule has 1 heterocycles. The van der Waals surface area contributed by atoms with Gasteiger partial charge in [-0.1, -0.05) is 20.8 Å². The van der Waals surface area contributed by atoms with E-state index in [2.05, 4.69) is 26.1 Å². The first-order valence-corrected chi connectivity index (χ1v) is 5.34. The molecule has 0 unspecified atom stereocenters. The molecule has 0 amide bonds. The van der Waals surface area contributed by atoms with Gasteiger partial charge in [-0.15, -0.1) is 0 Å². The Bertz CT molecular complexity index is 208. The lowest BCUT2D eigenvalue weighted by Gasteiger charge is -2.26. The maximum atomic E-state index is 10.6. The number of hydrogen-bond acceptors (Lipinski definition) is 2. The number of carbonyl (C=O) groups is 1. The molecule has 0 spiro atoms. The average Bonchev–Trinajstić information content (AvgIpc) is 2.32. The average molecular weight is 199 g/mol. The molecule has 1 aliphatic rings. The van der Waals surface area contributed by atoms with E-state index in [0.29, 0.717) is 18.4 Å². The number of hydrogen-bond donors (Lipinski definition) is 2. The van der Waals surface area contributed by atoms with Gasteiger partial charge in [0.05, 0.1) is 0 Å². The molecule has 82 valence electrons. The van der Waals surface area contributed by atoms with Crippen molar-refractivity contribution in [3.05, 3.63) is 0 Å². The van der Waals surface area contributed by atoms with E-state index < -0.39 is 5.97 Å². The van der Waals surface area contributed by atoms with Gasteiger partial charge in [0.2, 0.25) is 0 Å². The van der Waals surface area contributed by atoms with E-state index in [1.807, 2.05) is 0 Å². The molecular formula is C11H21NO2. The van der Waals surface area contributed by atoms with Gasteiger partial charge in [0.15, 0.2) is 0 Å². The van der Waals surface area contributed by atoms with E-state index in [1.54, 1.807) is 0 Å². The van der Waals surface area contributed by atoms with Crippen molar-refractivity contribution in [1.29, 1.82) is 0 Å². The van der Waals surface area contributed by atoms with Crippen molar-refractivity contribution in [2.75, 3.05) is 6.54 Å². The number of rotatable bonds is 3. The predicted octanol–water partition coefficient (Wildman–Crippen LogP) is 1.88. The van der Waals surface area contributed by atoms with Crippen molar-refractivity contribution < 1.29 is 9.90 Å². The van der Waals surface area contributed by atoms with Crippen LogP contribution < -0.4 is 5.32 Å². The fraction of sp³-hybridized carbons (Fsp3) is 0.909. The van der Waals surface area contributed by atoms with E-state index in [-0.39, 0.29) is 5.41 Å². The monoisotopic (exact) mass is 199 g/mol. The third kappa shape index (κ3) is 3.66. The molecular weight excluding hydrogens is 178 g/mol. The third-order valence-corrected chi connectivity index (χ3v) is 2.76. The van der Waals surface area contributed by atoms with Gasteiger partial charge in [0, 0.05) is 12.5 Å². The SMILES string of the molecule is CC(C)(C)C[C@H]1NCC[C@@H]1CC(=O)O. The largest absolute Gasteiger partial charge is 0.481 e. The summed E-state index contributed by atoms with van der Waals surface area (Å²) in [5, 5.41) is 12.2. The maximum Gasteiger partial charge on any atom is 0.303 e. The number of nitrogens with one attached hydrogen (secondary N) is 1. The lowest BCUT2D eigenvalue weighted by atomic mass is 9.83. The summed E-state index contributed by atoms with van der Waals surface area (Å²) in [4.78, 5) is 10.6. The Kier molecular flexibility index (Phi) is 3.53. The van der Waals surface area contributed by atoms with Crippen molar-refractivity contribution in [1.82, 2.24) is 5.32 Å². The van der Waals surface area contributed by atoms with Crippen molar-refractivity contribution in [2.24, 2.45) is 11.3 Å². The fourth-order valence-corrected chi connectivity index (χ4v) is 2.19. The van der Waals surface area contributed by atoms with Crippen LogP contribution in [-0.2, 0) is 4.79 Å². The Hall–Kier alpha value is -0.570. The number of carboxylic acids is 1. The van der Waals surface area contributed by atoms with Crippen LogP contribution in [0.25, 0.3) is 0 Å². The molecule has 1 rings (SSSR count). The summed E-state index contributed by atoms with van der Waals surface area (Å²) in [5.74, 6) is -0.343. The molecule has 0 aromatic rings. The van der Waals surface area contributed by atoms with Gasteiger partial charge in [-0.25, -0.2) is 0 Å². The van der Waals surface area contributed by atoms with Gasteiger partial charge < -0.3 is 10.4 Å². The van der Waals surface area contributed by atoms with Crippen LogP contribution in [0.5, 0.6) is 0 Å². The summed E-state index contributed by atoms with van der Waals surface area (Å²) < 4.78 is 0. The van der Waals surface area contributed by atoms with E-state index in [4.69, 9.17) is 5.11 Å². The molecule has 2 N–H and O–H groups in total. The number of carboxylic acid groups (broad SMARTS) is 1. The van der Waals surface area contributed by atoms with Crippen LogP contribution in [0, 0.1) is 11.3 Å². The Morgan fingerprint density at radius 1 is 1.50 bits per heavy atom. The molecule has 0 aromatic heterocycles. The van der Waals surface area contributed by atoms with Gasteiger partial charge in [0.1, 0.15) is 0 Å². The molecule has 0 bridgehead atoms. The van der Waals surface area contributed by atoms with Gasteiger partial charge in [0.25, 0.3) is 0 Å². The third-order valence-electron chi connectivity index (χ3n) is 2.76. The summed E-state index contributed by atoms with van der Waals surface area (Å²) in [6, 6.07) is 0.395. The van der Waals surface area contributed by atoms with Crippen LogP contribution in [0.4, 0.5) is 0 Å². The minimum atomic E-state index is -0.669. The Labute approximate surface area is 85.9 Å². The van der Waals surface area contributed by atoms with Crippen LogP contribution in [0.2, 0.25) is 0 Å². The fourth-order valence-electron chi connectivity index (χ4n) is 2.19. The smallest absolute Gasteiger partial charge is 0.303 e. The van der Waals surface area contributed by atoms with Gasteiger partial charge in [-0.3, -0.25) is 4.79 Å². The highest BCUT2D eigenvalue weighted by atomic mass is 16.4. The quantitative estimate of drug-likeness (QED) is 0.729. The Balaban J connectivity index is 2.47. The zero-order valence-corrected chi connectivity index (χ0v) is 9.34. The molecule has 3 nitrogen and oxygen atoms in total. The molecule has 14 heavy (non-hydrogen) atoms. The van der Waals surface area contributed by atoms with Crippen molar-refractivity contribution in [2.45, 2.75) is 46.1 Å².